The van der Waals surface area contributed by atoms with Gasteiger partial charge in [0.1, 0.15) is 0 Å². The van der Waals surface area contributed by atoms with Gasteiger partial charge in [-0.25, -0.2) is 0 Å². The highest BCUT2D eigenvalue weighted by molar-refractivity contribution is 4.98. The molecule has 3 atom stereocenters. The van der Waals surface area contributed by atoms with E-state index < -0.39 is 17.4 Å². The van der Waals surface area contributed by atoms with Gasteiger partial charge in [0.25, 0.3) is 0 Å². The monoisotopic (exact) mass is 220 g/mol. The molecule has 3 unspecified atom stereocenters. The summed E-state index contributed by atoms with van der Waals surface area (Å²) >= 11 is 0. The van der Waals surface area contributed by atoms with Crippen molar-refractivity contribution in [3.63, 3.8) is 0 Å². The van der Waals surface area contributed by atoms with Crippen molar-refractivity contribution in [1.82, 2.24) is 0 Å². The fourth-order valence-corrected chi connectivity index (χ4v) is 2.62. The molecular weight excluding hydrogens is 200 g/mol. The average molecular weight is 220 g/mol. The molecule has 15 heavy (non-hydrogen) atoms. The summed E-state index contributed by atoms with van der Waals surface area (Å²) in [7, 11) is 0. The van der Waals surface area contributed by atoms with E-state index in [2.05, 4.69) is 0 Å². The van der Waals surface area contributed by atoms with E-state index in [0.29, 0.717) is 12.8 Å². The molecule has 1 aliphatic rings. The molecule has 5 N–H and O–H groups in total. The fourth-order valence-electron chi connectivity index (χ4n) is 2.62. The Bertz CT molecular complexity index is 192. The van der Waals surface area contributed by atoms with Crippen LogP contribution in [0.5, 0.6) is 0 Å². The highest BCUT2D eigenvalue weighted by atomic mass is 16.3. The van der Waals surface area contributed by atoms with Crippen LogP contribution in [0.3, 0.4) is 0 Å². The molecule has 1 fully saturated rings. The number of aliphatic hydroxyl groups is 5. The third-order valence-corrected chi connectivity index (χ3v) is 3.80. The van der Waals surface area contributed by atoms with Crippen molar-refractivity contribution in [2.24, 2.45) is 17.3 Å². The fraction of sp³-hybridized carbons (Fsp3) is 1.00. The van der Waals surface area contributed by atoms with Gasteiger partial charge < -0.3 is 25.5 Å². The number of rotatable bonds is 4. The number of hydrogen-bond acceptors (Lipinski definition) is 5. The Morgan fingerprint density at radius 2 is 1.53 bits per heavy atom. The van der Waals surface area contributed by atoms with Crippen molar-refractivity contribution < 1.29 is 25.5 Å². The van der Waals surface area contributed by atoms with E-state index in [-0.39, 0.29) is 32.3 Å². The van der Waals surface area contributed by atoms with E-state index >= 15 is 0 Å². The molecule has 0 radical (unpaired) electrons. The van der Waals surface area contributed by atoms with Crippen LogP contribution in [0.2, 0.25) is 0 Å². The van der Waals surface area contributed by atoms with Crippen LogP contribution < -0.4 is 0 Å². The molecule has 5 nitrogen and oxygen atoms in total. The lowest BCUT2D eigenvalue weighted by Gasteiger charge is -2.48. The Balaban J connectivity index is 2.94. The Morgan fingerprint density at radius 3 is 1.93 bits per heavy atom. The molecule has 0 bridgehead atoms. The molecule has 0 saturated heterocycles. The zero-order valence-corrected chi connectivity index (χ0v) is 8.71. The van der Waals surface area contributed by atoms with E-state index in [4.69, 9.17) is 5.11 Å². The van der Waals surface area contributed by atoms with E-state index in [9.17, 15) is 20.4 Å². The minimum Gasteiger partial charge on any atom is -0.396 e. The van der Waals surface area contributed by atoms with Crippen LogP contribution in [-0.2, 0) is 0 Å². The Kier molecular flexibility index (Phi) is 4.48. The lowest BCUT2D eigenvalue weighted by Crippen LogP contribution is -2.55. The van der Waals surface area contributed by atoms with Crippen molar-refractivity contribution in [3.05, 3.63) is 0 Å². The van der Waals surface area contributed by atoms with Gasteiger partial charge in [0.15, 0.2) is 0 Å². The molecule has 0 aromatic heterocycles. The van der Waals surface area contributed by atoms with Gasteiger partial charge in [0, 0.05) is 18.6 Å². The lowest BCUT2D eigenvalue weighted by atomic mass is 9.61. The van der Waals surface area contributed by atoms with Crippen LogP contribution in [0.25, 0.3) is 0 Å². The molecule has 1 rings (SSSR count). The summed E-state index contributed by atoms with van der Waals surface area (Å²) in [4.78, 5) is 0. The van der Waals surface area contributed by atoms with E-state index in [1.54, 1.807) is 0 Å². The second-order valence-corrected chi connectivity index (χ2v) is 4.37. The zero-order chi connectivity index (χ0) is 11.5. The van der Waals surface area contributed by atoms with E-state index in [1.807, 2.05) is 0 Å². The first-order chi connectivity index (χ1) is 7.16. The third-order valence-electron chi connectivity index (χ3n) is 3.80. The summed E-state index contributed by atoms with van der Waals surface area (Å²) in [6, 6.07) is 0. The van der Waals surface area contributed by atoms with Crippen LogP contribution in [0.4, 0.5) is 0 Å². The molecule has 0 aromatic rings. The standard InChI is InChI=1S/C10H20O5/c11-3-7-1-2-9(15)10(5-13,6-14)8(7)4-12/h7-9,11-15H,1-6H2. The lowest BCUT2D eigenvalue weighted by molar-refractivity contribution is -0.150. The largest absolute Gasteiger partial charge is 0.396 e. The Labute approximate surface area is 89.0 Å². The molecule has 90 valence electrons. The topological polar surface area (TPSA) is 101 Å². The van der Waals surface area contributed by atoms with Gasteiger partial charge in [0.05, 0.1) is 19.3 Å². The van der Waals surface area contributed by atoms with Crippen molar-refractivity contribution >= 4 is 0 Å². The summed E-state index contributed by atoms with van der Waals surface area (Å²) in [6.45, 7) is -1.11. The number of aliphatic hydroxyl groups excluding tert-OH is 5. The average Bonchev–Trinajstić information content (AvgIpc) is 2.28. The zero-order valence-electron chi connectivity index (χ0n) is 8.71. The summed E-state index contributed by atoms with van der Waals surface area (Å²) < 4.78 is 0. The minimum absolute atomic E-state index is 0.0975. The van der Waals surface area contributed by atoms with Gasteiger partial charge in [-0.2, -0.15) is 0 Å². The maximum Gasteiger partial charge on any atom is 0.0644 e. The normalized spacial score (nSPS) is 35.4. The highest BCUT2D eigenvalue weighted by Gasteiger charge is 2.50. The van der Waals surface area contributed by atoms with Gasteiger partial charge >= 0.3 is 0 Å². The van der Waals surface area contributed by atoms with E-state index in [0.717, 1.165) is 0 Å². The SMILES string of the molecule is OCC1CCC(O)C(CO)(CO)C1CO. The first-order valence-corrected chi connectivity index (χ1v) is 5.27. The summed E-state index contributed by atoms with van der Waals surface area (Å²) in [6.07, 6.45) is 0.209. The van der Waals surface area contributed by atoms with Gasteiger partial charge in [-0.15, -0.1) is 0 Å². The van der Waals surface area contributed by atoms with Crippen LogP contribution in [0.1, 0.15) is 12.8 Å². The molecule has 0 heterocycles. The quantitative estimate of drug-likeness (QED) is 0.390. The van der Waals surface area contributed by atoms with E-state index in [1.165, 1.54) is 0 Å². The predicted octanol–water partition coefficient (Wildman–Crippen LogP) is -1.67. The van der Waals surface area contributed by atoms with Crippen molar-refractivity contribution in [3.8, 4) is 0 Å². The van der Waals surface area contributed by atoms with Crippen LogP contribution in [0.15, 0.2) is 0 Å². The van der Waals surface area contributed by atoms with Crippen LogP contribution >= 0.6 is 0 Å². The summed E-state index contributed by atoms with van der Waals surface area (Å²) in [5.74, 6) is -0.626. The second kappa shape index (κ2) is 5.23. The van der Waals surface area contributed by atoms with Crippen molar-refractivity contribution in [1.29, 1.82) is 0 Å². The molecule has 1 aliphatic carbocycles. The summed E-state index contributed by atoms with van der Waals surface area (Å²) in [5, 5.41) is 46.9. The minimum atomic E-state index is -1.08. The molecule has 5 heteroatoms. The van der Waals surface area contributed by atoms with Crippen LogP contribution in [-0.4, -0.2) is 58.1 Å². The third kappa shape index (κ3) is 2.03. The van der Waals surface area contributed by atoms with Gasteiger partial charge in [-0.1, -0.05) is 0 Å². The van der Waals surface area contributed by atoms with Crippen LogP contribution in [0, 0.1) is 17.3 Å². The molecular formula is C10H20O5. The highest BCUT2D eigenvalue weighted by Crippen LogP contribution is 2.43. The van der Waals surface area contributed by atoms with Crippen molar-refractivity contribution in [2.75, 3.05) is 26.4 Å². The smallest absolute Gasteiger partial charge is 0.0644 e. The van der Waals surface area contributed by atoms with Gasteiger partial charge in [0.2, 0.25) is 0 Å². The first kappa shape index (κ1) is 12.9. The molecule has 0 aliphatic heterocycles. The first-order valence-electron chi connectivity index (χ1n) is 5.27. The summed E-state index contributed by atoms with van der Waals surface area (Å²) in [5.41, 5.74) is -1.08. The Morgan fingerprint density at radius 1 is 0.933 bits per heavy atom. The number of hydrogen-bond donors (Lipinski definition) is 5. The van der Waals surface area contributed by atoms with Gasteiger partial charge in [-0.3, -0.25) is 0 Å². The molecule has 0 spiro atoms. The maximum atomic E-state index is 9.82. The predicted molar refractivity (Wildman–Crippen MR) is 53.0 cm³/mol. The molecule has 0 aromatic carbocycles. The van der Waals surface area contributed by atoms with Crippen molar-refractivity contribution in [2.45, 2.75) is 18.9 Å². The second-order valence-electron chi connectivity index (χ2n) is 4.37. The maximum absolute atomic E-state index is 9.82. The molecule has 0 amide bonds. The Hall–Kier alpha value is -0.200. The van der Waals surface area contributed by atoms with Gasteiger partial charge in [-0.05, 0) is 24.7 Å². The molecule has 1 saturated carbocycles.